The van der Waals surface area contributed by atoms with E-state index in [0.29, 0.717) is 0 Å². The first kappa shape index (κ1) is 11.0. The molecule has 0 bridgehead atoms. The Morgan fingerprint density at radius 1 is 1.53 bits per heavy atom. The number of amides is 2. The van der Waals surface area contributed by atoms with Crippen LogP contribution in [0.3, 0.4) is 0 Å². The maximum Gasteiger partial charge on any atom is 0.319 e. The van der Waals surface area contributed by atoms with E-state index in [4.69, 9.17) is 5.73 Å². The van der Waals surface area contributed by atoms with Crippen molar-refractivity contribution in [3.8, 4) is 0 Å². The Morgan fingerprint density at radius 2 is 2.13 bits per heavy atom. The molecule has 6 heteroatoms. The van der Waals surface area contributed by atoms with Crippen LogP contribution in [0.1, 0.15) is 5.56 Å². The van der Waals surface area contributed by atoms with E-state index in [1.54, 1.807) is 19.1 Å². The van der Waals surface area contributed by atoms with Crippen molar-refractivity contribution in [1.29, 1.82) is 0 Å². The second kappa shape index (κ2) is 3.95. The Hall–Kier alpha value is -2.11. The first-order chi connectivity index (χ1) is 6.93. The van der Waals surface area contributed by atoms with Crippen LogP contribution in [0.5, 0.6) is 0 Å². The number of nitrogens with zero attached hydrogens (tertiary/aromatic N) is 2. The van der Waals surface area contributed by atoms with Gasteiger partial charge in [-0.15, -0.1) is 0 Å². The number of rotatable bonds is 2. The molecule has 0 aliphatic carbocycles. The van der Waals surface area contributed by atoms with E-state index in [9.17, 15) is 14.9 Å². The first-order valence-electron chi connectivity index (χ1n) is 4.21. The molecule has 0 spiro atoms. The number of carbonyl (C=O) groups is 1. The summed E-state index contributed by atoms with van der Waals surface area (Å²) in [6.45, 7) is 1.78. The summed E-state index contributed by atoms with van der Waals surface area (Å²) in [7, 11) is 1.39. The minimum absolute atomic E-state index is 0.137. The molecule has 0 radical (unpaired) electrons. The van der Waals surface area contributed by atoms with Crippen molar-refractivity contribution in [2.75, 3.05) is 11.9 Å². The van der Waals surface area contributed by atoms with Crippen LogP contribution in [0.2, 0.25) is 0 Å². The minimum Gasteiger partial charge on any atom is -0.351 e. The summed E-state index contributed by atoms with van der Waals surface area (Å²) in [5, 5.41) is 10.7. The summed E-state index contributed by atoms with van der Waals surface area (Å²) in [6.07, 6.45) is 0. The molecule has 0 unspecified atom stereocenters. The molecule has 1 rings (SSSR count). The van der Waals surface area contributed by atoms with E-state index in [2.05, 4.69) is 0 Å². The lowest BCUT2D eigenvalue weighted by Gasteiger charge is -2.14. The summed E-state index contributed by atoms with van der Waals surface area (Å²) in [6, 6.07) is 3.77. The third-order valence-electron chi connectivity index (χ3n) is 2.02. The lowest BCUT2D eigenvalue weighted by Crippen LogP contribution is -2.32. The molecule has 0 atom stereocenters. The normalized spacial score (nSPS) is 9.73. The number of benzene rings is 1. The monoisotopic (exact) mass is 209 g/mol. The van der Waals surface area contributed by atoms with E-state index in [1.165, 1.54) is 13.1 Å². The highest BCUT2D eigenvalue weighted by Crippen LogP contribution is 2.27. The summed E-state index contributed by atoms with van der Waals surface area (Å²) in [4.78, 5) is 22.1. The van der Waals surface area contributed by atoms with Gasteiger partial charge in [0, 0.05) is 13.1 Å². The fourth-order valence-corrected chi connectivity index (χ4v) is 1.18. The van der Waals surface area contributed by atoms with Crippen LogP contribution >= 0.6 is 0 Å². The number of primary amides is 1. The number of nitro groups is 1. The van der Waals surface area contributed by atoms with Crippen molar-refractivity contribution < 1.29 is 9.72 Å². The molecule has 2 N–H and O–H groups in total. The Morgan fingerprint density at radius 3 is 2.60 bits per heavy atom. The van der Waals surface area contributed by atoms with Gasteiger partial charge in [-0.2, -0.15) is 0 Å². The second-order valence-electron chi connectivity index (χ2n) is 3.15. The van der Waals surface area contributed by atoms with Gasteiger partial charge in [0.1, 0.15) is 5.69 Å². The van der Waals surface area contributed by atoms with Crippen LogP contribution in [0, 0.1) is 17.0 Å². The third-order valence-corrected chi connectivity index (χ3v) is 2.02. The lowest BCUT2D eigenvalue weighted by atomic mass is 10.2. The average Bonchev–Trinajstić information content (AvgIpc) is 2.15. The van der Waals surface area contributed by atoms with Crippen molar-refractivity contribution in [1.82, 2.24) is 0 Å². The third kappa shape index (κ3) is 2.22. The summed E-state index contributed by atoms with van der Waals surface area (Å²) >= 11 is 0. The van der Waals surface area contributed by atoms with Gasteiger partial charge in [0.15, 0.2) is 0 Å². The predicted octanol–water partition coefficient (Wildman–Crippen LogP) is 1.42. The molecular weight excluding hydrogens is 198 g/mol. The van der Waals surface area contributed by atoms with Gasteiger partial charge in [-0.3, -0.25) is 15.0 Å². The van der Waals surface area contributed by atoms with E-state index >= 15 is 0 Å². The topological polar surface area (TPSA) is 89.5 Å². The Labute approximate surface area is 86.4 Å². The molecule has 0 heterocycles. The Balaban J connectivity index is 3.30. The van der Waals surface area contributed by atoms with Crippen molar-refractivity contribution >= 4 is 17.4 Å². The molecule has 0 saturated heterocycles. The Bertz CT molecular complexity index is 417. The zero-order chi connectivity index (χ0) is 11.6. The number of nitro benzene ring substituents is 1. The molecule has 2 amide bonds. The zero-order valence-electron chi connectivity index (χ0n) is 8.43. The molecule has 80 valence electrons. The van der Waals surface area contributed by atoms with Crippen molar-refractivity contribution in [3.05, 3.63) is 33.9 Å². The largest absolute Gasteiger partial charge is 0.351 e. The van der Waals surface area contributed by atoms with Gasteiger partial charge in [-0.05, 0) is 18.6 Å². The number of nitrogens with two attached hydrogens (primary N) is 1. The molecule has 1 aromatic rings. The molecule has 0 aliphatic heterocycles. The van der Waals surface area contributed by atoms with Gasteiger partial charge in [0.05, 0.1) is 4.92 Å². The van der Waals surface area contributed by atoms with Crippen LogP contribution in [-0.2, 0) is 0 Å². The van der Waals surface area contributed by atoms with Gasteiger partial charge in [0.25, 0.3) is 5.69 Å². The van der Waals surface area contributed by atoms with Crippen LogP contribution in [-0.4, -0.2) is 18.0 Å². The maximum atomic E-state index is 10.9. The quantitative estimate of drug-likeness (QED) is 0.589. The van der Waals surface area contributed by atoms with Gasteiger partial charge >= 0.3 is 6.03 Å². The molecule has 0 aliphatic rings. The molecule has 0 saturated carbocycles. The number of hydrogen-bond donors (Lipinski definition) is 1. The first-order valence-corrected chi connectivity index (χ1v) is 4.21. The molecular formula is C9H11N3O3. The molecule has 1 aromatic carbocycles. The predicted molar refractivity (Wildman–Crippen MR) is 55.8 cm³/mol. The van der Waals surface area contributed by atoms with Gasteiger partial charge < -0.3 is 5.73 Å². The number of carbonyl (C=O) groups excluding carboxylic acids is 1. The fourth-order valence-electron chi connectivity index (χ4n) is 1.18. The molecule has 0 fully saturated rings. The summed E-state index contributed by atoms with van der Waals surface area (Å²) in [5.74, 6) is 0. The van der Waals surface area contributed by atoms with E-state index in [1.807, 2.05) is 0 Å². The number of urea groups is 1. The van der Waals surface area contributed by atoms with Gasteiger partial charge in [-0.1, -0.05) is 6.07 Å². The highest BCUT2D eigenvalue weighted by molar-refractivity contribution is 5.92. The lowest BCUT2D eigenvalue weighted by molar-refractivity contribution is -0.384. The highest BCUT2D eigenvalue weighted by Gasteiger charge is 2.19. The van der Waals surface area contributed by atoms with E-state index in [0.717, 1.165) is 10.5 Å². The van der Waals surface area contributed by atoms with Crippen LogP contribution in [0.15, 0.2) is 18.2 Å². The van der Waals surface area contributed by atoms with Gasteiger partial charge in [0.2, 0.25) is 0 Å². The number of anilines is 1. The smallest absolute Gasteiger partial charge is 0.319 e. The van der Waals surface area contributed by atoms with Crippen LogP contribution in [0.25, 0.3) is 0 Å². The number of aryl methyl sites for hydroxylation is 1. The minimum atomic E-state index is -0.733. The van der Waals surface area contributed by atoms with E-state index < -0.39 is 11.0 Å². The fraction of sp³-hybridized carbons (Fsp3) is 0.222. The van der Waals surface area contributed by atoms with E-state index in [-0.39, 0.29) is 11.4 Å². The zero-order valence-corrected chi connectivity index (χ0v) is 8.43. The summed E-state index contributed by atoms with van der Waals surface area (Å²) in [5.41, 5.74) is 5.94. The SMILES string of the molecule is Cc1ccc([N+](=O)[O-])c(N(C)C(N)=O)c1. The molecule has 15 heavy (non-hydrogen) atoms. The highest BCUT2D eigenvalue weighted by atomic mass is 16.6. The summed E-state index contributed by atoms with van der Waals surface area (Å²) < 4.78 is 0. The number of hydrogen-bond acceptors (Lipinski definition) is 3. The van der Waals surface area contributed by atoms with Crippen LogP contribution < -0.4 is 10.6 Å². The maximum absolute atomic E-state index is 10.9. The van der Waals surface area contributed by atoms with Crippen LogP contribution in [0.4, 0.5) is 16.2 Å². The van der Waals surface area contributed by atoms with Crippen molar-refractivity contribution in [2.24, 2.45) is 5.73 Å². The van der Waals surface area contributed by atoms with Gasteiger partial charge in [-0.25, -0.2) is 4.79 Å². The average molecular weight is 209 g/mol. The Kier molecular flexibility index (Phi) is 2.89. The molecule has 6 nitrogen and oxygen atoms in total. The van der Waals surface area contributed by atoms with Crippen molar-refractivity contribution in [3.63, 3.8) is 0 Å². The standard InChI is InChI=1S/C9H11N3O3/c1-6-3-4-7(12(14)15)8(5-6)11(2)9(10)13/h3-5H,1-2H3,(H2,10,13). The second-order valence-corrected chi connectivity index (χ2v) is 3.15. The van der Waals surface area contributed by atoms with Crippen molar-refractivity contribution in [2.45, 2.75) is 6.92 Å². The molecule has 0 aromatic heterocycles.